The van der Waals surface area contributed by atoms with Crippen LogP contribution in [0.25, 0.3) is 6.08 Å². The van der Waals surface area contributed by atoms with E-state index in [1.54, 1.807) is 12.1 Å². The van der Waals surface area contributed by atoms with E-state index in [2.05, 4.69) is 17.2 Å². The molecule has 0 aliphatic carbocycles. The number of benzene rings is 3. The average molecular weight is 483 g/mol. The van der Waals surface area contributed by atoms with E-state index >= 15 is 0 Å². The maximum absolute atomic E-state index is 12.4. The van der Waals surface area contributed by atoms with Gasteiger partial charge in [0.25, 0.3) is 5.91 Å². The number of amidine groups is 1. The first-order valence-corrected chi connectivity index (χ1v) is 11.5. The van der Waals surface area contributed by atoms with Gasteiger partial charge in [0.15, 0.2) is 5.17 Å². The van der Waals surface area contributed by atoms with Crippen molar-refractivity contribution in [3.05, 3.63) is 97.9 Å². The van der Waals surface area contributed by atoms with Gasteiger partial charge in [0.05, 0.1) is 10.6 Å². The fourth-order valence-electron chi connectivity index (χ4n) is 3.00. The number of thioether (sulfide) groups is 1. The van der Waals surface area contributed by atoms with Crippen molar-refractivity contribution in [2.75, 3.05) is 0 Å². The average Bonchev–Trinajstić information content (AvgIpc) is 3.10. The van der Waals surface area contributed by atoms with Crippen molar-refractivity contribution in [2.24, 2.45) is 4.99 Å². The summed E-state index contributed by atoms with van der Waals surface area (Å²) in [5, 5.41) is 4.56. The van der Waals surface area contributed by atoms with Gasteiger partial charge in [-0.05, 0) is 84.8 Å². The number of hydrogen-bond acceptors (Lipinski definition) is 4. The Bertz CT molecular complexity index is 1240. The lowest BCUT2D eigenvalue weighted by Gasteiger charge is -2.08. The van der Waals surface area contributed by atoms with Crippen LogP contribution in [-0.4, -0.2) is 11.1 Å². The molecule has 1 aliphatic heterocycles. The molecule has 1 amide bonds. The molecule has 3 aromatic rings. The van der Waals surface area contributed by atoms with Gasteiger partial charge in [0, 0.05) is 15.6 Å². The standard InChI is InChI=1S/C25H20Cl2N2O2S/c1-15-3-8-20(11-16(15)2)28-25-29-24(30)23(32-25)12-17-4-9-21(10-5-17)31-14-18-6-7-19(26)13-22(18)27/h3-13H,14H2,1-2H3,(H,28,29,30)/b23-12+. The highest BCUT2D eigenvalue weighted by Gasteiger charge is 2.23. The molecular formula is C25H20Cl2N2O2S. The molecule has 1 aliphatic rings. The molecule has 0 radical (unpaired) electrons. The van der Waals surface area contributed by atoms with E-state index in [-0.39, 0.29) is 5.91 Å². The van der Waals surface area contributed by atoms with Crippen molar-refractivity contribution < 1.29 is 9.53 Å². The van der Waals surface area contributed by atoms with Crippen LogP contribution in [0.15, 0.2) is 70.6 Å². The zero-order valence-corrected chi connectivity index (χ0v) is 19.8. The first-order chi connectivity index (χ1) is 15.4. The maximum atomic E-state index is 12.4. The van der Waals surface area contributed by atoms with E-state index in [0.717, 1.165) is 22.4 Å². The Labute approximate surface area is 201 Å². The first-order valence-electron chi connectivity index (χ1n) is 9.91. The number of aryl methyl sites for hydroxylation is 2. The number of nitrogens with one attached hydrogen (secondary N) is 1. The number of rotatable bonds is 5. The molecule has 0 atom stereocenters. The molecule has 32 heavy (non-hydrogen) atoms. The number of amides is 1. The summed E-state index contributed by atoms with van der Waals surface area (Å²) in [6, 6.07) is 18.8. The third-order valence-electron chi connectivity index (χ3n) is 4.96. The van der Waals surface area contributed by atoms with E-state index in [9.17, 15) is 4.79 Å². The minimum atomic E-state index is -0.157. The summed E-state index contributed by atoms with van der Waals surface area (Å²) >= 11 is 13.4. The second-order valence-electron chi connectivity index (χ2n) is 7.34. The van der Waals surface area contributed by atoms with Gasteiger partial charge in [0.2, 0.25) is 0 Å². The van der Waals surface area contributed by atoms with Gasteiger partial charge in [-0.3, -0.25) is 4.79 Å². The van der Waals surface area contributed by atoms with Crippen LogP contribution in [0, 0.1) is 13.8 Å². The number of nitrogens with zero attached hydrogens (tertiary/aromatic N) is 1. The molecule has 0 spiro atoms. The smallest absolute Gasteiger partial charge is 0.264 e. The normalized spacial score (nSPS) is 15.9. The van der Waals surface area contributed by atoms with Crippen LogP contribution in [0.5, 0.6) is 5.75 Å². The van der Waals surface area contributed by atoms with Crippen molar-refractivity contribution in [1.29, 1.82) is 0 Å². The second-order valence-corrected chi connectivity index (χ2v) is 9.22. The zero-order valence-electron chi connectivity index (χ0n) is 17.5. The SMILES string of the molecule is Cc1ccc(N=C2NC(=O)/C(=C\c3ccc(OCc4ccc(Cl)cc4Cl)cc3)S2)cc1C. The van der Waals surface area contributed by atoms with Gasteiger partial charge in [-0.25, -0.2) is 4.99 Å². The Morgan fingerprint density at radius 3 is 2.50 bits per heavy atom. The Morgan fingerprint density at radius 2 is 1.78 bits per heavy atom. The summed E-state index contributed by atoms with van der Waals surface area (Å²) in [7, 11) is 0. The number of aliphatic imine (C=N–C) groups is 1. The van der Waals surface area contributed by atoms with Crippen molar-refractivity contribution in [1.82, 2.24) is 5.32 Å². The third kappa shape index (κ3) is 5.54. The number of ether oxygens (including phenoxy) is 1. The van der Waals surface area contributed by atoms with Gasteiger partial charge >= 0.3 is 0 Å². The van der Waals surface area contributed by atoms with E-state index in [4.69, 9.17) is 27.9 Å². The molecule has 3 aromatic carbocycles. The summed E-state index contributed by atoms with van der Waals surface area (Å²) in [5.74, 6) is 0.550. The highest BCUT2D eigenvalue weighted by Crippen LogP contribution is 2.29. The topological polar surface area (TPSA) is 50.7 Å². The van der Waals surface area contributed by atoms with Gasteiger partial charge < -0.3 is 10.1 Å². The van der Waals surface area contributed by atoms with Gasteiger partial charge in [-0.1, -0.05) is 47.5 Å². The molecule has 1 saturated heterocycles. The van der Waals surface area contributed by atoms with Gasteiger partial charge in [0.1, 0.15) is 12.4 Å². The summed E-state index contributed by atoms with van der Waals surface area (Å²) in [6.45, 7) is 4.44. The third-order valence-corrected chi connectivity index (χ3v) is 6.46. The largest absolute Gasteiger partial charge is 0.489 e. The first kappa shape index (κ1) is 22.5. The predicted molar refractivity (Wildman–Crippen MR) is 134 cm³/mol. The lowest BCUT2D eigenvalue weighted by molar-refractivity contribution is -0.115. The summed E-state index contributed by atoms with van der Waals surface area (Å²) in [4.78, 5) is 17.5. The monoisotopic (exact) mass is 482 g/mol. The minimum absolute atomic E-state index is 0.157. The molecule has 1 heterocycles. The van der Waals surface area contributed by atoms with Gasteiger partial charge in [-0.2, -0.15) is 0 Å². The lowest BCUT2D eigenvalue weighted by atomic mass is 10.1. The molecule has 1 N–H and O–H groups in total. The summed E-state index contributed by atoms with van der Waals surface area (Å²) in [6.07, 6.45) is 1.84. The van der Waals surface area contributed by atoms with Crippen molar-refractivity contribution in [2.45, 2.75) is 20.5 Å². The number of carbonyl (C=O) groups excluding carboxylic acids is 1. The molecule has 4 rings (SSSR count). The van der Waals surface area contributed by atoms with E-state index in [0.29, 0.717) is 32.5 Å². The molecule has 1 fully saturated rings. The van der Waals surface area contributed by atoms with Crippen LogP contribution in [0.3, 0.4) is 0 Å². The van der Waals surface area contributed by atoms with Crippen molar-refractivity contribution in [3.8, 4) is 5.75 Å². The van der Waals surface area contributed by atoms with Crippen LogP contribution in [0.1, 0.15) is 22.3 Å². The van der Waals surface area contributed by atoms with Gasteiger partial charge in [-0.15, -0.1) is 0 Å². The van der Waals surface area contributed by atoms with E-state index < -0.39 is 0 Å². The van der Waals surface area contributed by atoms with Crippen LogP contribution in [-0.2, 0) is 11.4 Å². The van der Waals surface area contributed by atoms with Crippen LogP contribution >= 0.6 is 35.0 Å². The Morgan fingerprint density at radius 1 is 1.00 bits per heavy atom. The Balaban J connectivity index is 1.41. The van der Waals surface area contributed by atoms with Crippen LogP contribution < -0.4 is 10.1 Å². The number of halogens is 2. The molecular weight excluding hydrogens is 463 g/mol. The van der Waals surface area contributed by atoms with Crippen molar-refractivity contribution >= 4 is 57.8 Å². The fraction of sp³-hybridized carbons (Fsp3) is 0.120. The maximum Gasteiger partial charge on any atom is 0.264 e. The van der Waals surface area contributed by atoms with Crippen LogP contribution in [0.4, 0.5) is 5.69 Å². The van der Waals surface area contributed by atoms with E-state index in [1.165, 1.54) is 17.3 Å². The summed E-state index contributed by atoms with van der Waals surface area (Å²) in [5.41, 5.74) is 4.95. The molecule has 0 aromatic heterocycles. The Hall–Kier alpha value is -2.73. The number of carbonyl (C=O) groups is 1. The molecule has 0 saturated carbocycles. The number of hydrogen-bond donors (Lipinski definition) is 1. The predicted octanol–water partition coefficient (Wildman–Crippen LogP) is 7.08. The highest BCUT2D eigenvalue weighted by atomic mass is 35.5. The van der Waals surface area contributed by atoms with E-state index in [1.807, 2.05) is 61.5 Å². The summed E-state index contributed by atoms with van der Waals surface area (Å²) < 4.78 is 5.81. The second kappa shape index (κ2) is 9.82. The molecule has 0 unspecified atom stereocenters. The molecule has 4 nitrogen and oxygen atoms in total. The highest BCUT2D eigenvalue weighted by molar-refractivity contribution is 8.18. The zero-order chi connectivity index (χ0) is 22.7. The molecule has 162 valence electrons. The fourth-order valence-corrected chi connectivity index (χ4v) is 4.31. The van der Waals surface area contributed by atoms with Crippen molar-refractivity contribution in [3.63, 3.8) is 0 Å². The molecule has 0 bridgehead atoms. The quantitative estimate of drug-likeness (QED) is 0.395. The lowest BCUT2D eigenvalue weighted by Crippen LogP contribution is -2.19. The van der Waals surface area contributed by atoms with Crippen LogP contribution in [0.2, 0.25) is 10.0 Å². The Kier molecular flexibility index (Phi) is 6.89. The molecule has 7 heteroatoms. The minimum Gasteiger partial charge on any atom is -0.489 e.